The number of piperidine rings is 1. The van der Waals surface area contributed by atoms with Crippen molar-refractivity contribution in [1.29, 1.82) is 0 Å². The van der Waals surface area contributed by atoms with E-state index in [2.05, 4.69) is 10.3 Å². The number of aromatic nitrogens is 1. The van der Waals surface area contributed by atoms with Crippen LogP contribution < -0.4 is 5.32 Å². The molecule has 1 aromatic rings. The lowest BCUT2D eigenvalue weighted by molar-refractivity contribution is -0.137. The van der Waals surface area contributed by atoms with Crippen LogP contribution >= 0.6 is 11.3 Å². The number of thiazole rings is 1. The fourth-order valence-electron chi connectivity index (χ4n) is 2.15. The van der Waals surface area contributed by atoms with E-state index in [1.54, 1.807) is 0 Å². The summed E-state index contributed by atoms with van der Waals surface area (Å²) in [4.78, 5) is 3.34. The quantitative estimate of drug-likeness (QED) is 0.841. The number of rotatable bonds is 2. The highest BCUT2D eigenvalue weighted by Gasteiger charge is 2.41. The minimum atomic E-state index is -4.50. The number of halogens is 4. The van der Waals surface area contributed by atoms with Crippen molar-refractivity contribution in [2.24, 2.45) is 5.92 Å². The molecule has 0 aliphatic carbocycles. The molecule has 102 valence electrons. The zero-order chi connectivity index (χ0) is 13.4. The lowest BCUT2D eigenvalue weighted by Crippen LogP contribution is -2.39. The van der Waals surface area contributed by atoms with Gasteiger partial charge in [-0.15, -0.1) is 11.3 Å². The average Bonchev–Trinajstić information content (AvgIpc) is 2.79. The molecule has 18 heavy (non-hydrogen) atoms. The van der Waals surface area contributed by atoms with E-state index in [-0.39, 0.29) is 10.8 Å². The maximum atomic E-state index is 14.7. The van der Waals surface area contributed by atoms with Crippen molar-refractivity contribution < 1.29 is 17.6 Å². The van der Waals surface area contributed by atoms with Gasteiger partial charge in [-0.05, 0) is 26.3 Å². The average molecular weight is 282 g/mol. The molecular formula is C11H14F4N2S. The van der Waals surface area contributed by atoms with Crippen molar-refractivity contribution >= 4 is 11.3 Å². The van der Waals surface area contributed by atoms with E-state index in [1.165, 1.54) is 6.92 Å². The zero-order valence-electron chi connectivity index (χ0n) is 9.85. The van der Waals surface area contributed by atoms with Crippen LogP contribution in [-0.2, 0) is 11.8 Å². The Labute approximate surface area is 106 Å². The highest BCUT2D eigenvalue weighted by Crippen LogP contribution is 2.42. The lowest BCUT2D eigenvalue weighted by Gasteiger charge is -2.32. The van der Waals surface area contributed by atoms with Gasteiger partial charge in [-0.3, -0.25) is 0 Å². The second-order valence-electron chi connectivity index (χ2n) is 4.65. The molecule has 2 atom stereocenters. The highest BCUT2D eigenvalue weighted by molar-refractivity contribution is 7.11. The summed E-state index contributed by atoms with van der Waals surface area (Å²) in [7, 11) is 0. The van der Waals surface area contributed by atoms with Gasteiger partial charge in [0.05, 0.1) is 4.88 Å². The second-order valence-corrected chi connectivity index (χ2v) is 5.68. The Morgan fingerprint density at radius 2 is 2.11 bits per heavy atom. The Kier molecular flexibility index (Phi) is 3.64. The van der Waals surface area contributed by atoms with Gasteiger partial charge >= 0.3 is 6.18 Å². The summed E-state index contributed by atoms with van der Waals surface area (Å²) in [5, 5.41) is 2.09. The summed E-state index contributed by atoms with van der Waals surface area (Å²) in [6.07, 6.45) is -1.96. The third-order valence-electron chi connectivity index (χ3n) is 3.29. The van der Waals surface area contributed by atoms with E-state index < -0.39 is 16.9 Å². The molecule has 1 aliphatic heterocycles. The summed E-state index contributed by atoms with van der Waals surface area (Å²) in [5.41, 5.74) is -1.76. The summed E-state index contributed by atoms with van der Waals surface area (Å²) in [6.45, 7) is 2.67. The van der Waals surface area contributed by atoms with Gasteiger partial charge in [-0.2, -0.15) is 13.2 Å². The molecule has 2 heterocycles. The van der Waals surface area contributed by atoms with Crippen LogP contribution in [-0.4, -0.2) is 18.1 Å². The minimum absolute atomic E-state index is 0.0588. The summed E-state index contributed by atoms with van der Waals surface area (Å²) in [5.74, 6) is -0.298. The Morgan fingerprint density at radius 3 is 2.61 bits per heavy atom. The van der Waals surface area contributed by atoms with Crippen LogP contribution in [0.5, 0.6) is 0 Å². The molecule has 1 aliphatic rings. The van der Waals surface area contributed by atoms with Crippen molar-refractivity contribution in [2.75, 3.05) is 13.1 Å². The molecule has 1 saturated heterocycles. The highest BCUT2D eigenvalue weighted by atomic mass is 32.1. The third-order valence-corrected chi connectivity index (χ3v) is 4.55. The molecule has 2 nitrogen and oxygen atoms in total. The van der Waals surface area contributed by atoms with Crippen LogP contribution in [0.25, 0.3) is 0 Å². The molecule has 1 fully saturated rings. The van der Waals surface area contributed by atoms with E-state index in [4.69, 9.17) is 0 Å². The largest absolute Gasteiger partial charge is 0.443 e. The number of hydrogen-bond acceptors (Lipinski definition) is 3. The van der Waals surface area contributed by atoms with E-state index in [1.807, 2.05) is 0 Å². The van der Waals surface area contributed by atoms with Gasteiger partial charge in [0.15, 0.2) is 5.01 Å². The van der Waals surface area contributed by atoms with Crippen molar-refractivity contribution in [2.45, 2.75) is 31.6 Å². The normalized spacial score (nSPS) is 24.8. The van der Waals surface area contributed by atoms with Crippen LogP contribution in [0.1, 0.15) is 29.7 Å². The third kappa shape index (κ3) is 2.66. The molecule has 1 aromatic heterocycles. The first-order valence-corrected chi connectivity index (χ1v) is 6.56. The van der Waals surface area contributed by atoms with Crippen LogP contribution in [0.4, 0.5) is 17.6 Å². The van der Waals surface area contributed by atoms with E-state index in [0.29, 0.717) is 24.3 Å². The van der Waals surface area contributed by atoms with Gasteiger partial charge < -0.3 is 5.32 Å². The number of nitrogens with zero attached hydrogens (tertiary/aromatic N) is 1. The van der Waals surface area contributed by atoms with E-state index in [0.717, 1.165) is 19.2 Å². The Balaban J connectivity index is 2.21. The molecule has 0 radical (unpaired) electrons. The van der Waals surface area contributed by atoms with Gasteiger partial charge in [-0.1, -0.05) is 0 Å². The van der Waals surface area contributed by atoms with Crippen LogP contribution in [0.3, 0.4) is 0 Å². The zero-order valence-corrected chi connectivity index (χ0v) is 10.7. The Morgan fingerprint density at radius 1 is 1.39 bits per heavy atom. The van der Waals surface area contributed by atoms with E-state index >= 15 is 0 Å². The van der Waals surface area contributed by atoms with Crippen molar-refractivity contribution in [3.05, 3.63) is 16.1 Å². The molecule has 7 heteroatoms. The van der Waals surface area contributed by atoms with Crippen LogP contribution in [0.15, 0.2) is 6.20 Å². The van der Waals surface area contributed by atoms with Gasteiger partial charge in [0, 0.05) is 18.7 Å². The minimum Gasteiger partial charge on any atom is -0.316 e. The van der Waals surface area contributed by atoms with Gasteiger partial charge in [0.25, 0.3) is 0 Å². The van der Waals surface area contributed by atoms with Gasteiger partial charge in [0.2, 0.25) is 0 Å². The van der Waals surface area contributed by atoms with Gasteiger partial charge in [-0.25, -0.2) is 9.37 Å². The maximum absolute atomic E-state index is 14.7. The molecule has 0 amide bonds. The van der Waals surface area contributed by atoms with Crippen molar-refractivity contribution in [3.8, 4) is 0 Å². The van der Waals surface area contributed by atoms with Gasteiger partial charge in [0.1, 0.15) is 5.67 Å². The molecule has 0 saturated carbocycles. The topological polar surface area (TPSA) is 24.9 Å². The Bertz CT molecular complexity index is 407. The monoisotopic (exact) mass is 282 g/mol. The smallest absolute Gasteiger partial charge is 0.316 e. The maximum Gasteiger partial charge on any atom is 0.443 e. The first-order chi connectivity index (χ1) is 8.32. The van der Waals surface area contributed by atoms with Crippen molar-refractivity contribution in [3.63, 3.8) is 0 Å². The molecule has 0 spiro atoms. The van der Waals surface area contributed by atoms with Crippen LogP contribution in [0.2, 0.25) is 0 Å². The van der Waals surface area contributed by atoms with Crippen LogP contribution in [0, 0.1) is 5.92 Å². The molecule has 0 aromatic carbocycles. The number of hydrogen-bond donors (Lipinski definition) is 1. The molecule has 2 unspecified atom stereocenters. The molecule has 2 rings (SSSR count). The molecular weight excluding hydrogens is 268 g/mol. The lowest BCUT2D eigenvalue weighted by atomic mass is 9.84. The second kappa shape index (κ2) is 4.77. The molecule has 1 N–H and O–H groups in total. The summed E-state index contributed by atoms with van der Waals surface area (Å²) < 4.78 is 52.0. The predicted octanol–water partition coefficient (Wildman–Crippen LogP) is 3.35. The molecule has 0 bridgehead atoms. The fraction of sp³-hybridized carbons (Fsp3) is 0.727. The predicted molar refractivity (Wildman–Crippen MR) is 61.2 cm³/mol. The fourth-order valence-corrected chi connectivity index (χ4v) is 3.05. The summed E-state index contributed by atoms with van der Waals surface area (Å²) in [6, 6.07) is 0. The Hall–Kier alpha value is -0.690. The standard InChI is InChI=1S/C11H14F4N2S/c1-10(12,7-3-2-4-16-5-7)8-6-17-9(18-8)11(13,14)15/h6-7,16H,2-5H2,1H3. The van der Waals surface area contributed by atoms with Crippen molar-refractivity contribution in [1.82, 2.24) is 10.3 Å². The number of alkyl halides is 4. The first kappa shape index (κ1) is 13.7. The number of nitrogens with one attached hydrogen (secondary N) is 1. The SMILES string of the molecule is CC(F)(c1cnc(C(F)(F)F)s1)C1CCCNC1. The van der Waals surface area contributed by atoms with E-state index in [9.17, 15) is 17.6 Å². The first-order valence-electron chi connectivity index (χ1n) is 5.75. The summed E-state index contributed by atoms with van der Waals surface area (Å²) >= 11 is 0.402.